The Balaban J connectivity index is 1.50. The van der Waals surface area contributed by atoms with Crippen molar-refractivity contribution in [3.8, 4) is 0 Å². The average molecular weight is 398 g/mol. The first-order valence-corrected chi connectivity index (χ1v) is 10.0. The lowest BCUT2D eigenvalue weighted by atomic mass is 9.85. The number of carbonyl (C=O) groups excluding carboxylic acids is 3. The number of allylic oxidation sites excluding steroid dienone is 2. The van der Waals surface area contributed by atoms with Gasteiger partial charge in [0.2, 0.25) is 17.7 Å². The van der Waals surface area contributed by atoms with Gasteiger partial charge in [-0.2, -0.15) is 0 Å². The maximum atomic E-state index is 13.3. The second-order valence-electron chi connectivity index (χ2n) is 6.99. The number of rotatable bonds is 5. The molecule has 0 unspecified atom stereocenters. The number of fused-ring (bicyclic) bond motifs is 1. The van der Waals surface area contributed by atoms with E-state index in [1.807, 2.05) is 29.7 Å². The predicted octanol–water partition coefficient (Wildman–Crippen LogP) is 3.04. The lowest BCUT2D eigenvalue weighted by Gasteiger charge is -2.20. The molecule has 2 heterocycles. The van der Waals surface area contributed by atoms with Crippen LogP contribution in [0.3, 0.4) is 0 Å². The fraction of sp³-hybridized carbons (Fsp3) is 0.286. The number of nitrogens with one attached hydrogen (secondary N) is 1. The number of amides is 3. The van der Waals surface area contributed by atoms with Crippen LogP contribution in [0.1, 0.15) is 29.3 Å². The van der Waals surface area contributed by atoms with E-state index in [0.717, 1.165) is 15.3 Å². The SMILES string of the molecule is O=C(CN1C(=O)[C@H]2CC=CC[C@H]2C1=O)N[C@@H](c1ccc(F)cc1)c1cccs1. The van der Waals surface area contributed by atoms with Gasteiger partial charge in [-0.3, -0.25) is 19.3 Å². The Kier molecular flexibility index (Phi) is 5.09. The summed E-state index contributed by atoms with van der Waals surface area (Å²) in [6.45, 7) is -0.298. The highest BCUT2D eigenvalue weighted by Crippen LogP contribution is 2.35. The molecule has 3 amide bonds. The van der Waals surface area contributed by atoms with Crippen LogP contribution >= 0.6 is 11.3 Å². The number of likely N-dealkylation sites (tertiary alicyclic amines) is 1. The second-order valence-corrected chi connectivity index (χ2v) is 7.97. The van der Waals surface area contributed by atoms with Crippen molar-refractivity contribution in [2.45, 2.75) is 18.9 Å². The van der Waals surface area contributed by atoms with E-state index in [1.54, 1.807) is 12.1 Å². The van der Waals surface area contributed by atoms with Crippen molar-refractivity contribution in [1.29, 1.82) is 0 Å². The van der Waals surface area contributed by atoms with E-state index in [2.05, 4.69) is 5.32 Å². The largest absolute Gasteiger partial charge is 0.343 e. The number of carbonyl (C=O) groups is 3. The summed E-state index contributed by atoms with van der Waals surface area (Å²) in [5.74, 6) is -2.03. The fourth-order valence-corrected chi connectivity index (χ4v) is 4.61. The molecule has 1 fully saturated rings. The standard InChI is InChI=1S/C21H19FN2O3S/c22-14-9-7-13(8-10-14)19(17-6-3-11-28-17)23-18(25)12-24-20(26)15-4-1-2-5-16(15)21(24)27/h1-3,6-11,15-16,19H,4-5,12H2,(H,23,25)/t15-,16+,19-/m0/s1. The Morgan fingerprint density at radius 2 is 1.75 bits per heavy atom. The molecular formula is C21H19FN2O3S. The van der Waals surface area contributed by atoms with Gasteiger partial charge < -0.3 is 5.32 Å². The molecule has 1 saturated heterocycles. The summed E-state index contributed by atoms with van der Waals surface area (Å²) in [5, 5.41) is 4.78. The molecule has 28 heavy (non-hydrogen) atoms. The van der Waals surface area contributed by atoms with Gasteiger partial charge in [-0.1, -0.05) is 30.4 Å². The third kappa shape index (κ3) is 3.49. The molecule has 5 nitrogen and oxygen atoms in total. The topological polar surface area (TPSA) is 66.5 Å². The molecule has 1 aromatic carbocycles. The van der Waals surface area contributed by atoms with Crippen LogP contribution in [0.4, 0.5) is 4.39 Å². The minimum Gasteiger partial charge on any atom is -0.343 e. The van der Waals surface area contributed by atoms with Crippen LogP contribution in [0.5, 0.6) is 0 Å². The minimum absolute atomic E-state index is 0.274. The molecule has 0 radical (unpaired) electrons. The summed E-state index contributed by atoms with van der Waals surface area (Å²) in [6.07, 6.45) is 4.91. The number of thiophene rings is 1. The number of hydrogen-bond donors (Lipinski definition) is 1. The monoisotopic (exact) mass is 398 g/mol. The Morgan fingerprint density at radius 3 is 2.32 bits per heavy atom. The van der Waals surface area contributed by atoms with E-state index in [4.69, 9.17) is 0 Å². The quantitative estimate of drug-likeness (QED) is 0.622. The highest BCUT2D eigenvalue weighted by Gasteiger charge is 2.47. The van der Waals surface area contributed by atoms with Crippen LogP contribution in [0, 0.1) is 17.7 Å². The average Bonchev–Trinajstić information content (AvgIpc) is 3.31. The Morgan fingerprint density at radius 1 is 1.11 bits per heavy atom. The molecule has 3 atom stereocenters. The summed E-state index contributed by atoms with van der Waals surface area (Å²) in [6, 6.07) is 9.20. The van der Waals surface area contributed by atoms with Gasteiger partial charge in [-0.25, -0.2) is 4.39 Å². The minimum atomic E-state index is -0.468. The van der Waals surface area contributed by atoms with Crippen molar-refractivity contribution >= 4 is 29.1 Å². The van der Waals surface area contributed by atoms with Gasteiger partial charge in [0.1, 0.15) is 12.4 Å². The molecule has 0 spiro atoms. The van der Waals surface area contributed by atoms with Gasteiger partial charge in [0.15, 0.2) is 0 Å². The summed E-state index contributed by atoms with van der Waals surface area (Å²) in [4.78, 5) is 39.8. The van der Waals surface area contributed by atoms with Crippen LogP contribution < -0.4 is 5.32 Å². The van der Waals surface area contributed by atoms with Crippen LogP contribution in [0.2, 0.25) is 0 Å². The van der Waals surface area contributed by atoms with Gasteiger partial charge >= 0.3 is 0 Å². The zero-order valence-electron chi connectivity index (χ0n) is 15.0. The Labute approximate surface area is 165 Å². The number of halogens is 1. The molecule has 144 valence electrons. The summed E-state index contributed by atoms with van der Waals surface area (Å²) in [5.41, 5.74) is 0.731. The third-order valence-electron chi connectivity index (χ3n) is 5.24. The van der Waals surface area contributed by atoms with Gasteiger partial charge in [-0.05, 0) is 42.0 Å². The number of imide groups is 1. The van der Waals surface area contributed by atoms with Gasteiger partial charge in [0.05, 0.1) is 17.9 Å². The number of hydrogen-bond acceptors (Lipinski definition) is 4. The molecule has 0 saturated carbocycles. The molecule has 2 aliphatic rings. The van der Waals surface area contributed by atoms with E-state index in [9.17, 15) is 18.8 Å². The van der Waals surface area contributed by atoms with Gasteiger partial charge in [-0.15, -0.1) is 11.3 Å². The first kappa shape index (κ1) is 18.6. The van der Waals surface area contributed by atoms with E-state index in [0.29, 0.717) is 12.8 Å². The van der Waals surface area contributed by atoms with Crippen molar-refractivity contribution in [2.24, 2.45) is 11.8 Å². The maximum Gasteiger partial charge on any atom is 0.240 e. The Hall–Kier alpha value is -2.80. The van der Waals surface area contributed by atoms with Crippen LogP contribution in [0.15, 0.2) is 53.9 Å². The highest BCUT2D eigenvalue weighted by molar-refractivity contribution is 7.10. The summed E-state index contributed by atoms with van der Waals surface area (Å²) in [7, 11) is 0. The zero-order chi connectivity index (χ0) is 19.7. The van der Waals surface area contributed by atoms with Gasteiger partial charge in [0, 0.05) is 4.88 Å². The summed E-state index contributed by atoms with van der Waals surface area (Å²) >= 11 is 1.47. The maximum absolute atomic E-state index is 13.3. The predicted molar refractivity (Wildman–Crippen MR) is 103 cm³/mol. The first-order chi connectivity index (χ1) is 13.5. The molecule has 0 bridgehead atoms. The molecular weight excluding hydrogens is 379 g/mol. The molecule has 1 N–H and O–H groups in total. The van der Waals surface area contributed by atoms with Crippen LogP contribution in [0.25, 0.3) is 0 Å². The van der Waals surface area contributed by atoms with Crippen LogP contribution in [-0.2, 0) is 14.4 Å². The molecule has 1 aromatic heterocycles. The third-order valence-corrected chi connectivity index (χ3v) is 6.17. The Bertz CT molecular complexity index is 898. The summed E-state index contributed by atoms with van der Waals surface area (Å²) < 4.78 is 13.3. The molecule has 4 rings (SSSR count). The fourth-order valence-electron chi connectivity index (χ4n) is 3.80. The lowest BCUT2D eigenvalue weighted by molar-refractivity contribution is -0.143. The van der Waals surface area contributed by atoms with Crippen molar-refractivity contribution in [3.05, 3.63) is 70.2 Å². The second kappa shape index (κ2) is 7.67. The molecule has 2 aromatic rings. The number of benzene rings is 1. The van der Waals surface area contributed by atoms with Crippen LogP contribution in [-0.4, -0.2) is 29.2 Å². The van der Waals surface area contributed by atoms with Crippen molar-refractivity contribution < 1.29 is 18.8 Å². The highest BCUT2D eigenvalue weighted by atomic mass is 32.1. The smallest absolute Gasteiger partial charge is 0.240 e. The first-order valence-electron chi connectivity index (χ1n) is 9.13. The molecule has 1 aliphatic carbocycles. The lowest BCUT2D eigenvalue weighted by Crippen LogP contribution is -2.42. The van der Waals surface area contributed by atoms with E-state index in [-0.39, 0.29) is 36.0 Å². The van der Waals surface area contributed by atoms with E-state index >= 15 is 0 Å². The van der Waals surface area contributed by atoms with Gasteiger partial charge in [0.25, 0.3) is 0 Å². The van der Waals surface area contributed by atoms with Crippen molar-refractivity contribution in [3.63, 3.8) is 0 Å². The molecule has 7 heteroatoms. The zero-order valence-corrected chi connectivity index (χ0v) is 15.8. The number of nitrogens with zero attached hydrogens (tertiary/aromatic N) is 1. The van der Waals surface area contributed by atoms with Crippen molar-refractivity contribution in [1.82, 2.24) is 10.2 Å². The normalized spacial score (nSPS) is 22.2. The van der Waals surface area contributed by atoms with Crippen molar-refractivity contribution in [2.75, 3.05) is 6.54 Å². The molecule has 1 aliphatic heterocycles. The van der Waals surface area contributed by atoms with E-state index in [1.165, 1.54) is 23.5 Å². The van der Waals surface area contributed by atoms with E-state index < -0.39 is 11.9 Å².